The van der Waals surface area contributed by atoms with Gasteiger partial charge >= 0.3 is 6.18 Å². The molecule has 12 heteroatoms. The van der Waals surface area contributed by atoms with Crippen molar-refractivity contribution in [1.29, 1.82) is 5.26 Å². The minimum absolute atomic E-state index is 0.00357. The van der Waals surface area contributed by atoms with Gasteiger partial charge in [0, 0.05) is 40.5 Å². The molecule has 0 radical (unpaired) electrons. The average Bonchev–Trinajstić information content (AvgIpc) is 2.84. The second kappa shape index (κ2) is 11.6. The largest absolute Gasteiger partial charge is 0.421 e. The van der Waals surface area contributed by atoms with Crippen LogP contribution in [0.25, 0.3) is 0 Å². The van der Waals surface area contributed by atoms with Crippen molar-refractivity contribution in [2.75, 3.05) is 24.3 Å². The van der Waals surface area contributed by atoms with Crippen molar-refractivity contribution >= 4 is 37.9 Å². The summed E-state index contributed by atoms with van der Waals surface area (Å²) in [6.07, 6.45) is -3.32. The number of halogens is 3. The monoisotopic (exact) mass is 502 g/mol. The van der Waals surface area contributed by atoms with Crippen molar-refractivity contribution in [2.24, 2.45) is 0 Å². The van der Waals surface area contributed by atoms with Gasteiger partial charge in [-0.15, -0.1) is 0 Å². The predicted molar refractivity (Wildman–Crippen MR) is 128 cm³/mol. The molecule has 0 saturated heterocycles. The van der Waals surface area contributed by atoms with Crippen LogP contribution in [0.1, 0.15) is 34.0 Å². The van der Waals surface area contributed by atoms with E-state index in [-0.39, 0.29) is 22.8 Å². The van der Waals surface area contributed by atoms with Gasteiger partial charge in [-0.05, 0) is 42.8 Å². The van der Waals surface area contributed by atoms with E-state index in [1.54, 1.807) is 12.1 Å². The highest BCUT2D eigenvalue weighted by Gasteiger charge is 2.35. The zero-order chi connectivity index (χ0) is 25.4. The van der Waals surface area contributed by atoms with Crippen LogP contribution in [0.4, 0.5) is 36.3 Å². The van der Waals surface area contributed by atoms with E-state index in [0.717, 1.165) is 11.7 Å². The lowest BCUT2D eigenvalue weighted by Gasteiger charge is -2.16. The number of nitriles is 1. The van der Waals surface area contributed by atoms with Gasteiger partial charge in [0.2, 0.25) is 5.95 Å². The summed E-state index contributed by atoms with van der Waals surface area (Å²) >= 11 is 0. The van der Waals surface area contributed by atoms with E-state index in [1.165, 1.54) is 25.2 Å². The molecule has 0 bridgehead atoms. The third kappa shape index (κ3) is 6.88. The molecule has 1 atom stereocenters. The number of carbonyl (C=O) groups is 1. The first-order valence-corrected chi connectivity index (χ1v) is 11.5. The molecule has 3 aromatic rings. The van der Waals surface area contributed by atoms with Gasteiger partial charge in [-0.1, -0.05) is 12.1 Å². The van der Waals surface area contributed by atoms with Crippen LogP contribution < -0.4 is 16.0 Å². The van der Waals surface area contributed by atoms with E-state index in [4.69, 9.17) is 9.79 Å². The number of amides is 1. The Balaban J connectivity index is 1.91. The summed E-state index contributed by atoms with van der Waals surface area (Å²) in [5, 5.41) is 17.0. The highest BCUT2D eigenvalue weighted by molar-refractivity contribution is 7.31. The number of nitrogens with zero attached hydrogens (tertiary/aromatic N) is 3. The Kier molecular flexibility index (Phi) is 8.58. The van der Waals surface area contributed by atoms with Gasteiger partial charge in [0.1, 0.15) is 11.4 Å². The standard InChI is InChI=1S/C23H22F3N6O2P/c1-3-34-35-13-14-4-7-16(8-5-14)30-22-29-12-18(23(24,25)26)20(32-22)31-19-9-6-15(11-27)10-17(19)21(33)28-2/h4-10,12,35H,3,13H2,1-2H3,(H,28,33)(H2,29,30,31,32). The zero-order valence-corrected chi connectivity index (χ0v) is 19.8. The van der Waals surface area contributed by atoms with Crippen molar-refractivity contribution in [2.45, 2.75) is 19.3 Å². The van der Waals surface area contributed by atoms with Crippen LogP contribution in [0.15, 0.2) is 48.7 Å². The van der Waals surface area contributed by atoms with Crippen molar-refractivity contribution in [3.8, 4) is 6.07 Å². The Morgan fingerprint density at radius 1 is 1.17 bits per heavy atom. The molecule has 1 heterocycles. The minimum Gasteiger partial charge on any atom is -0.362 e. The molecule has 0 fully saturated rings. The Bertz CT molecular complexity index is 1230. The molecule has 1 unspecified atom stereocenters. The molecule has 0 aliphatic rings. The number of rotatable bonds is 9. The fourth-order valence-electron chi connectivity index (χ4n) is 2.99. The highest BCUT2D eigenvalue weighted by atomic mass is 31.1. The molecule has 2 aromatic carbocycles. The van der Waals surface area contributed by atoms with Crippen LogP contribution >= 0.6 is 8.81 Å². The predicted octanol–water partition coefficient (Wildman–Crippen LogP) is 5.34. The molecular weight excluding hydrogens is 480 g/mol. The SMILES string of the molecule is CCOPCc1ccc(Nc2ncc(C(F)(F)F)c(Nc3ccc(C#N)cc3C(=O)NC)n2)cc1. The normalized spacial score (nSPS) is 11.3. The number of hydrogen-bond donors (Lipinski definition) is 3. The number of nitrogens with one attached hydrogen (secondary N) is 3. The van der Waals surface area contributed by atoms with Gasteiger partial charge in [0.25, 0.3) is 5.91 Å². The topological polar surface area (TPSA) is 112 Å². The summed E-state index contributed by atoms with van der Waals surface area (Å²) in [6.45, 7) is 2.57. The number of aromatic nitrogens is 2. The number of carbonyl (C=O) groups excluding carboxylic acids is 1. The van der Waals surface area contributed by atoms with Crippen LogP contribution in [0.3, 0.4) is 0 Å². The molecule has 8 nitrogen and oxygen atoms in total. The number of benzene rings is 2. The van der Waals surface area contributed by atoms with Gasteiger partial charge in [0.05, 0.1) is 22.9 Å². The van der Waals surface area contributed by atoms with Gasteiger partial charge in [-0.2, -0.15) is 23.4 Å². The van der Waals surface area contributed by atoms with Crippen molar-refractivity contribution in [1.82, 2.24) is 15.3 Å². The summed E-state index contributed by atoms with van der Waals surface area (Å²) in [5.74, 6) is -1.19. The van der Waals surface area contributed by atoms with Crippen LogP contribution in [-0.2, 0) is 16.9 Å². The lowest BCUT2D eigenvalue weighted by molar-refractivity contribution is -0.137. The summed E-state index contributed by atoms with van der Waals surface area (Å²) in [6, 6.07) is 13.2. The number of alkyl halides is 3. The maximum Gasteiger partial charge on any atom is 0.421 e. The van der Waals surface area contributed by atoms with Crippen LogP contribution in [0.2, 0.25) is 0 Å². The van der Waals surface area contributed by atoms with E-state index in [1.807, 2.05) is 25.1 Å². The molecule has 0 spiro atoms. The smallest absolute Gasteiger partial charge is 0.362 e. The van der Waals surface area contributed by atoms with E-state index in [0.29, 0.717) is 27.3 Å². The van der Waals surface area contributed by atoms with Crippen molar-refractivity contribution < 1.29 is 22.5 Å². The van der Waals surface area contributed by atoms with Gasteiger partial charge in [-0.3, -0.25) is 4.79 Å². The summed E-state index contributed by atoms with van der Waals surface area (Å²) in [7, 11) is 1.72. The Labute approximate surface area is 201 Å². The minimum atomic E-state index is -4.75. The van der Waals surface area contributed by atoms with Crippen LogP contribution in [0, 0.1) is 11.3 Å². The van der Waals surface area contributed by atoms with E-state index >= 15 is 0 Å². The number of hydrogen-bond acceptors (Lipinski definition) is 7. The highest BCUT2D eigenvalue weighted by Crippen LogP contribution is 2.36. The van der Waals surface area contributed by atoms with Crippen molar-refractivity contribution in [3.63, 3.8) is 0 Å². The maximum atomic E-state index is 13.7. The fraction of sp³-hybridized carbons (Fsp3) is 0.217. The molecule has 182 valence electrons. The molecule has 0 aliphatic carbocycles. The molecule has 0 aliphatic heterocycles. The van der Waals surface area contributed by atoms with E-state index in [9.17, 15) is 18.0 Å². The molecule has 1 amide bonds. The van der Waals surface area contributed by atoms with E-state index < -0.39 is 23.5 Å². The molecule has 3 rings (SSSR count). The quantitative estimate of drug-likeness (QED) is 0.267. The van der Waals surface area contributed by atoms with Gasteiger partial charge in [-0.25, -0.2) is 4.98 Å². The van der Waals surface area contributed by atoms with Crippen molar-refractivity contribution in [3.05, 3.63) is 70.9 Å². The summed E-state index contributed by atoms with van der Waals surface area (Å²) in [5.41, 5.74) is 0.765. The van der Waals surface area contributed by atoms with Crippen LogP contribution in [-0.4, -0.2) is 29.5 Å². The second-order valence-electron chi connectivity index (χ2n) is 7.11. The maximum absolute atomic E-state index is 13.7. The third-order valence-electron chi connectivity index (χ3n) is 4.70. The summed E-state index contributed by atoms with van der Waals surface area (Å²) < 4.78 is 46.3. The molecular formula is C23H22F3N6O2P. The van der Waals surface area contributed by atoms with E-state index in [2.05, 4.69) is 25.9 Å². The Morgan fingerprint density at radius 3 is 2.54 bits per heavy atom. The van der Waals surface area contributed by atoms with Gasteiger partial charge < -0.3 is 20.5 Å². The summed E-state index contributed by atoms with van der Waals surface area (Å²) in [4.78, 5) is 20.1. The average molecular weight is 502 g/mol. The lowest BCUT2D eigenvalue weighted by atomic mass is 10.1. The molecule has 0 saturated carbocycles. The first kappa shape index (κ1) is 25.9. The lowest BCUT2D eigenvalue weighted by Crippen LogP contribution is -2.20. The Hall–Kier alpha value is -3.74. The molecule has 1 aromatic heterocycles. The van der Waals surface area contributed by atoms with Gasteiger partial charge in [0.15, 0.2) is 0 Å². The zero-order valence-electron chi connectivity index (χ0n) is 18.8. The molecule has 35 heavy (non-hydrogen) atoms. The number of anilines is 4. The second-order valence-corrected chi connectivity index (χ2v) is 8.04. The first-order chi connectivity index (χ1) is 16.7. The van der Waals surface area contributed by atoms with Crippen LogP contribution in [0.5, 0.6) is 0 Å². The first-order valence-electron chi connectivity index (χ1n) is 10.4. The fourth-order valence-corrected chi connectivity index (χ4v) is 3.70. The Morgan fingerprint density at radius 2 is 1.91 bits per heavy atom. The molecule has 3 N–H and O–H groups in total. The third-order valence-corrected chi connectivity index (χ3v) is 5.75.